The Morgan fingerprint density at radius 2 is 2.00 bits per heavy atom. The molecule has 1 atom stereocenters. The zero-order valence-corrected chi connectivity index (χ0v) is 9.54. The van der Waals surface area contributed by atoms with Gasteiger partial charge in [-0.15, -0.1) is 0 Å². The van der Waals surface area contributed by atoms with Crippen LogP contribution in [-0.2, 0) is 6.42 Å². The highest BCUT2D eigenvalue weighted by molar-refractivity contribution is 5.84. The van der Waals surface area contributed by atoms with Crippen LogP contribution >= 0.6 is 0 Å². The maximum absolute atomic E-state index is 10.7. The highest BCUT2D eigenvalue weighted by atomic mass is 16.4. The SMILES string of the molecule is N#CC(Cc1ccc(C(=O)O)o1)c1ccccc1. The summed E-state index contributed by atoms with van der Waals surface area (Å²) in [6, 6.07) is 14.5. The number of furan rings is 1. The maximum atomic E-state index is 10.7. The Kier molecular flexibility index (Phi) is 3.44. The topological polar surface area (TPSA) is 74.2 Å². The van der Waals surface area contributed by atoms with Crippen LogP contribution in [0.5, 0.6) is 0 Å². The molecule has 2 aromatic rings. The van der Waals surface area contributed by atoms with Crippen molar-refractivity contribution in [3.63, 3.8) is 0 Å². The minimum absolute atomic E-state index is 0.102. The molecule has 0 spiro atoms. The summed E-state index contributed by atoms with van der Waals surface area (Å²) in [5.41, 5.74) is 0.897. The summed E-state index contributed by atoms with van der Waals surface area (Å²) < 4.78 is 5.15. The number of hydrogen-bond donors (Lipinski definition) is 1. The first-order valence-electron chi connectivity index (χ1n) is 5.47. The Balaban J connectivity index is 2.16. The van der Waals surface area contributed by atoms with Crippen LogP contribution in [0.3, 0.4) is 0 Å². The number of rotatable bonds is 4. The molecule has 4 nitrogen and oxygen atoms in total. The van der Waals surface area contributed by atoms with E-state index in [9.17, 15) is 4.79 Å². The molecule has 1 aromatic heterocycles. The van der Waals surface area contributed by atoms with E-state index in [-0.39, 0.29) is 11.7 Å². The van der Waals surface area contributed by atoms with Crippen molar-refractivity contribution in [3.05, 3.63) is 59.5 Å². The van der Waals surface area contributed by atoms with Gasteiger partial charge in [-0.2, -0.15) is 5.26 Å². The molecule has 18 heavy (non-hydrogen) atoms. The summed E-state index contributed by atoms with van der Waals surface area (Å²) in [5, 5.41) is 17.9. The minimum Gasteiger partial charge on any atom is -0.475 e. The van der Waals surface area contributed by atoms with E-state index >= 15 is 0 Å². The predicted molar refractivity (Wildman–Crippen MR) is 64.2 cm³/mol. The molecule has 0 saturated carbocycles. The molecule has 0 saturated heterocycles. The molecule has 0 amide bonds. The van der Waals surface area contributed by atoms with Gasteiger partial charge in [0.2, 0.25) is 5.76 Å². The van der Waals surface area contributed by atoms with E-state index in [0.717, 1.165) is 5.56 Å². The maximum Gasteiger partial charge on any atom is 0.371 e. The van der Waals surface area contributed by atoms with Crippen molar-refractivity contribution in [2.45, 2.75) is 12.3 Å². The molecular formula is C14H11NO3. The molecule has 0 aliphatic heterocycles. The summed E-state index contributed by atoms with van der Waals surface area (Å²) in [4.78, 5) is 10.7. The van der Waals surface area contributed by atoms with Gasteiger partial charge in [0.15, 0.2) is 0 Å². The van der Waals surface area contributed by atoms with Gasteiger partial charge in [0.05, 0.1) is 12.0 Å². The Bertz CT molecular complexity index is 581. The molecule has 0 radical (unpaired) electrons. The zero-order valence-electron chi connectivity index (χ0n) is 9.54. The van der Waals surface area contributed by atoms with Crippen LogP contribution in [0.4, 0.5) is 0 Å². The second-order valence-electron chi connectivity index (χ2n) is 3.87. The third-order valence-corrected chi connectivity index (χ3v) is 2.64. The van der Waals surface area contributed by atoms with Crippen molar-refractivity contribution < 1.29 is 14.3 Å². The van der Waals surface area contributed by atoms with E-state index in [0.29, 0.717) is 12.2 Å². The summed E-state index contributed by atoms with van der Waals surface area (Å²) in [5.74, 6) is -1.04. The first-order chi connectivity index (χ1) is 8.70. The standard InChI is InChI=1S/C14H11NO3/c15-9-11(10-4-2-1-3-5-10)8-12-6-7-13(18-12)14(16)17/h1-7,11H,8H2,(H,16,17). The number of aromatic carboxylic acids is 1. The largest absolute Gasteiger partial charge is 0.475 e. The highest BCUT2D eigenvalue weighted by Crippen LogP contribution is 2.21. The lowest BCUT2D eigenvalue weighted by Crippen LogP contribution is -1.99. The molecular weight excluding hydrogens is 230 g/mol. The molecule has 0 fully saturated rings. The number of benzene rings is 1. The first kappa shape index (κ1) is 11.9. The summed E-state index contributed by atoms with van der Waals surface area (Å²) in [6.07, 6.45) is 0.369. The summed E-state index contributed by atoms with van der Waals surface area (Å²) in [6.45, 7) is 0. The van der Waals surface area contributed by atoms with Crippen molar-refractivity contribution in [1.82, 2.24) is 0 Å². The number of nitriles is 1. The molecule has 90 valence electrons. The second kappa shape index (κ2) is 5.19. The predicted octanol–water partition coefficient (Wildman–Crippen LogP) is 2.83. The Morgan fingerprint density at radius 3 is 2.56 bits per heavy atom. The summed E-state index contributed by atoms with van der Waals surface area (Å²) in [7, 11) is 0. The molecule has 0 aliphatic carbocycles. The van der Waals surface area contributed by atoms with Crippen molar-refractivity contribution in [2.24, 2.45) is 0 Å². The third-order valence-electron chi connectivity index (χ3n) is 2.64. The smallest absolute Gasteiger partial charge is 0.371 e. The van der Waals surface area contributed by atoms with E-state index in [1.165, 1.54) is 6.07 Å². The van der Waals surface area contributed by atoms with E-state index in [2.05, 4.69) is 6.07 Å². The summed E-state index contributed by atoms with van der Waals surface area (Å²) >= 11 is 0. The fourth-order valence-electron chi connectivity index (χ4n) is 1.73. The van der Waals surface area contributed by atoms with E-state index in [1.807, 2.05) is 30.3 Å². The quantitative estimate of drug-likeness (QED) is 0.893. The number of carboxylic acid groups (broad SMARTS) is 1. The van der Waals surface area contributed by atoms with Gasteiger partial charge in [-0.3, -0.25) is 0 Å². The lowest BCUT2D eigenvalue weighted by molar-refractivity contribution is 0.0660. The van der Waals surface area contributed by atoms with Crippen LogP contribution in [0.2, 0.25) is 0 Å². The number of hydrogen-bond acceptors (Lipinski definition) is 3. The van der Waals surface area contributed by atoms with Gasteiger partial charge >= 0.3 is 5.97 Å². The molecule has 1 unspecified atom stereocenters. The van der Waals surface area contributed by atoms with Crippen molar-refractivity contribution in [1.29, 1.82) is 5.26 Å². The van der Waals surface area contributed by atoms with Gasteiger partial charge in [-0.1, -0.05) is 30.3 Å². The van der Waals surface area contributed by atoms with E-state index < -0.39 is 5.97 Å². The van der Waals surface area contributed by atoms with E-state index in [4.69, 9.17) is 14.8 Å². The minimum atomic E-state index is -1.10. The van der Waals surface area contributed by atoms with Crippen molar-refractivity contribution >= 4 is 5.97 Å². The number of nitrogens with zero attached hydrogens (tertiary/aromatic N) is 1. The Labute approximate surface area is 104 Å². The molecule has 4 heteroatoms. The second-order valence-corrected chi connectivity index (χ2v) is 3.87. The first-order valence-corrected chi connectivity index (χ1v) is 5.47. The normalized spacial score (nSPS) is 11.7. The average Bonchev–Trinajstić information content (AvgIpc) is 2.86. The van der Waals surface area contributed by atoms with Crippen LogP contribution in [0, 0.1) is 11.3 Å². The van der Waals surface area contributed by atoms with Gasteiger partial charge < -0.3 is 9.52 Å². The average molecular weight is 241 g/mol. The lowest BCUT2D eigenvalue weighted by Gasteiger charge is -2.06. The molecule has 0 bridgehead atoms. The number of carbonyl (C=O) groups is 1. The van der Waals surface area contributed by atoms with Gasteiger partial charge in [-0.25, -0.2) is 4.79 Å². The molecule has 1 aromatic carbocycles. The van der Waals surface area contributed by atoms with Crippen molar-refractivity contribution in [2.75, 3.05) is 0 Å². The van der Waals surface area contributed by atoms with Crippen LogP contribution < -0.4 is 0 Å². The Hall–Kier alpha value is -2.54. The third kappa shape index (κ3) is 2.58. The number of carboxylic acids is 1. The molecule has 0 aliphatic rings. The van der Waals surface area contributed by atoms with Crippen LogP contribution in [0.15, 0.2) is 46.9 Å². The van der Waals surface area contributed by atoms with Crippen LogP contribution in [0.1, 0.15) is 27.8 Å². The fraction of sp³-hybridized carbons (Fsp3) is 0.143. The Morgan fingerprint density at radius 1 is 1.28 bits per heavy atom. The van der Waals surface area contributed by atoms with E-state index in [1.54, 1.807) is 6.07 Å². The van der Waals surface area contributed by atoms with Gasteiger partial charge in [0.1, 0.15) is 5.76 Å². The monoisotopic (exact) mass is 241 g/mol. The van der Waals surface area contributed by atoms with Crippen LogP contribution in [-0.4, -0.2) is 11.1 Å². The van der Waals surface area contributed by atoms with Gasteiger partial charge in [-0.05, 0) is 17.7 Å². The zero-order chi connectivity index (χ0) is 13.0. The van der Waals surface area contributed by atoms with Crippen LogP contribution in [0.25, 0.3) is 0 Å². The van der Waals surface area contributed by atoms with Gasteiger partial charge in [0, 0.05) is 6.42 Å². The fourth-order valence-corrected chi connectivity index (χ4v) is 1.73. The molecule has 1 heterocycles. The lowest BCUT2D eigenvalue weighted by atomic mass is 9.96. The van der Waals surface area contributed by atoms with Gasteiger partial charge in [0.25, 0.3) is 0 Å². The highest BCUT2D eigenvalue weighted by Gasteiger charge is 2.15. The molecule has 2 rings (SSSR count). The molecule has 1 N–H and O–H groups in total. The van der Waals surface area contributed by atoms with Crippen molar-refractivity contribution in [3.8, 4) is 6.07 Å².